The smallest absolute Gasteiger partial charge is 0.0381 e. The maximum absolute atomic E-state index is 4.65. The van der Waals surface area contributed by atoms with E-state index in [4.69, 9.17) is 0 Å². The molecule has 0 N–H and O–H groups in total. The molecule has 2 aromatic carbocycles. The summed E-state index contributed by atoms with van der Waals surface area (Å²) in [6.07, 6.45) is 4.54. The monoisotopic (exact) mass is 290 g/mol. The van der Waals surface area contributed by atoms with Crippen LogP contribution in [0, 0.1) is 0 Å². The number of fused-ring (bicyclic) bond motifs is 5. The van der Waals surface area contributed by atoms with Gasteiger partial charge in [-0.2, -0.15) is 5.10 Å². The summed E-state index contributed by atoms with van der Waals surface area (Å²) in [5.41, 5.74) is 7.48. The van der Waals surface area contributed by atoms with Crippen molar-refractivity contribution in [2.75, 3.05) is 14.1 Å². The average molecular weight is 290 g/mol. The van der Waals surface area contributed by atoms with Crippen molar-refractivity contribution in [3.05, 3.63) is 59.7 Å². The molecule has 0 aromatic heterocycles. The van der Waals surface area contributed by atoms with Gasteiger partial charge >= 0.3 is 0 Å². The second-order valence-corrected chi connectivity index (χ2v) is 6.69. The predicted molar refractivity (Wildman–Crippen MR) is 92.2 cm³/mol. The topological polar surface area (TPSA) is 15.6 Å². The van der Waals surface area contributed by atoms with Crippen molar-refractivity contribution < 1.29 is 0 Å². The third-order valence-electron chi connectivity index (χ3n) is 5.20. The van der Waals surface area contributed by atoms with Crippen molar-refractivity contribution in [3.63, 3.8) is 0 Å². The van der Waals surface area contributed by atoms with E-state index in [1.54, 1.807) is 0 Å². The van der Waals surface area contributed by atoms with E-state index in [0.29, 0.717) is 0 Å². The first-order chi connectivity index (χ1) is 10.7. The maximum Gasteiger partial charge on any atom is 0.0381 e. The minimum absolute atomic E-state index is 0.207. The molecule has 2 aliphatic carbocycles. The van der Waals surface area contributed by atoms with Gasteiger partial charge in [0.1, 0.15) is 0 Å². The Morgan fingerprint density at radius 3 is 1.82 bits per heavy atom. The predicted octanol–water partition coefficient (Wildman–Crippen LogP) is 4.44. The second kappa shape index (κ2) is 4.98. The van der Waals surface area contributed by atoms with Crippen molar-refractivity contribution in [2.45, 2.75) is 31.1 Å². The van der Waals surface area contributed by atoms with Crippen LogP contribution >= 0.6 is 0 Å². The van der Waals surface area contributed by atoms with Gasteiger partial charge in [-0.1, -0.05) is 48.5 Å². The van der Waals surface area contributed by atoms with E-state index < -0.39 is 0 Å². The number of hydrazone groups is 1. The van der Waals surface area contributed by atoms with Crippen LogP contribution in [0.2, 0.25) is 0 Å². The SMILES string of the molecule is CN(C)N=C1CCC2(CC1)c1ccccc1-c1ccccc12. The van der Waals surface area contributed by atoms with E-state index in [-0.39, 0.29) is 5.41 Å². The van der Waals surface area contributed by atoms with Crippen molar-refractivity contribution in [3.8, 4) is 11.1 Å². The first-order valence-electron chi connectivity index (χ1n) is 8.14. The van der Waals surface area contributed by atoms with Crippen LogP contribution < -0.4 is 0 Å². The lowest BCUT2D eigenvalue weighted by Gasteiger charge is -2.36. The molecule has 1 saturated carbocycles. The molecule has 1 spiro atoms. The Labute approximate surface area is 132 Å². The minimum Gasteiger partial charge on any atom is -0.303 e. The molecule has 0 heterocycles. The molecule has 0 unspecified atom stereocenters. The molecule has 4 rings (SSSR count). The normalized spacial score (nSPS) is 18.0. The zero-order valence-corrected chi connectivity index (χ0v) is 13.3. The van der Waals surface area contributed by atoms with Crippen LogP contribution in [0.4, 0.5) is 0 Å². The average Bonchev–Trinajstić information content (AvgIpc) is 2.81. The molecule has 22 heavy (non-hydrogen) atoms. The Bertz CT molecular complexity index is 685. The summed E-state index contributed by atoms with van der Waals surface area (Å²) in [7, 11) is 4.02. The summed E-state index contributed by atoms with van der Waals surface area (Å²) < 4.78 is 0. The molecule has 0 radical (unpaired) electrons. The largest absolute Gasteiger partial charge is 0.303 e. The summed E-state index contributed by atoms with van der Waals surface area (Å²) in [5.74, 6) is 0. The van der Waals surface area contributed by atoms with Crippen LogP contribution in [-0.2, 0) is 5.41 Å². The third-order valence-corrected chi connectivity index (χ3v) is 5.20. The lowest BCUT2D eigenvalue weighted by molar-refractivity contribution is 0.405. The second-order valence-electron chi connectivity index (χ2n) is 6.69. The summed E-state index contributed by atoms with van der Waals surface area (Å²) in [4.78, 5) is 0. The van der Waals surface area contributed by atoms with Gasteiger partial charge in [0.25, 0.3) is 0 Å². The van der Waals surface area contributed by atoms with Crippen LogP contribution in [0.15, 0.2) is 53.6 Å². The van der Waals surface area contributed by atoms with Gasteiger partial charge in [0.2, 0.25) is 0 Å². The number of nitrogens with zero attached hydrogens (tertiary/aromatic N) is 2. The molecule has 0 amide bonds. The molecule has 0 saturated heterocycles. The fraction of sp³-hybridized carbons (Fsp3) is 0.350. The highest BCUT2D eigenvalue weighted by Crippen LogP contribution is 2.55. The van der Waals surface area contributed by atoms with Gasteiger partial charge in [0.15, 0.2) is 0 Å². The van der Waals surface area contributed by atoms with Crippen molar-refractivity contribution in [1.82, 2.24) is 5.01 Å². The molecule has 1 fully saturated rings. The van der Waals surface area contributed by atoms with Gasteiger partial charge in [-0.05, 0) is 47.9 Å². The van der Waals surface area contributed by atoms with E-state index in [2.05, 4.69) is 53.6 Å². The maximum atomic E-state index is 4.65. The fourth-order valence-electron chi connectivity index (χ4n) is 4.30. The number of hydrogen-bond donors (Lipinski definition) is 0. The fourth-order valence-corrected chi connectivity index (χ4v) is 4.30. The van der Waals surface area contributed by atoms with Crippen molar-refractivity contribution in [2.24, 2.45) is 5.10 Å². The van der Waals surface area contributed by atoms with Crippen molar-refractivity contribution in [1.29, 1.82) is 0 Å². The minimum atomic E-state index is 0.207. The molecule has 112 valence electrons. The van der Waals surface area contributed by atoms with E-state index in [1.807, 2.05) is 19.1 Å². The van der Waals surface area contributed by atoms with Gasteiger partial charge in [-0.3, -0.25) is 0 Å². The Balaban J connectivity index is 1.80. The number of benzene rings is 2. The molecule has 2 aliphatic rings. The van der Waals surface area contributed by atoms with Crippen LogP contribution in [-0.4, -0.2) is 24.8 Å². The van der Waals surface area contributed by atoms with Crippen LogP contribution in [0.5, 0.6) is 0 Å². The highest BCUT2D eigenvalue weighted by atomic mass is 15.4. The van der Waals surface area contributed by atoms with Crippen LogP contribution in [0.1, 0.15) is 36.8 Å². The van der Waals surface area contributed by atoms with Crippen LogP contribution in [0.3, 0.4) is 0 Å². The Kier molecular flexibility index (Phi) is 3.07. The summed E-state index contributed by atoms with van der Waals surface area (Å²) in [6.45, 7) is 0. The van der Waals surface area contributed by atoms with Gasteiger partial charge in [-0.25, -0.2) is 0 Å². The van der Waals surface area contributed by atoms with E-state index in [9.17, 15) is 0 Å². The Morgan fingerprint density at radius 2 is 1.32 bits per heavy atom. The lowest BCUT2D eigenvalue weighted by Crippen LogP contribution is -2.31. The summed E-state index contributed by atoms with van der Waals surface area (Å²) >= 11 is 0. The number of rotatable bonds is 1. The van der Waals surface area contributed by atoms with Gasteiger partial charge in [0, 0.05) is 25.2 Å². The molecule has 2 aromatic rings. The lowest BCUT2D eigenvalue weighted by atomic mass is 9.67. The Morgan fingerprint density at radius 1 is 0.818 bits per heavy atom. The van der Waals surface area contributed by atoms with E-state index >= 15 is 0 Å². The quantitative estimate of drug-likeness (QED) is 0.709. The van der Waals surface area contributed by atoms with Crippen molar-refractivity contribution >= 4 is 5.71 Å². The Hall–Kier alpha value is -2.09. The molecular weight excluding hydrogens is 268 g/mol. The van der Waals surface area contributed by atoms with Crippen LogP contribution in [0.25, 0.3) is 11.1 Å². The molecule has 2 heteroatoms. The highest BCUT2D eigenvalue weighted by molar-refractivity contribution is 5.88. The zero-order valence-electron chi connectivity index (χ0n) is 13.3. The van der Waals surface area contributed by atoms with Gasteiger partial charge < -0.3 is 5.01 Å². The zero-order chi connectivity index (χ0) is 15.2. The third kappa shape index (κ3) is 1.90. The summed E-state index contributed by atoms with van der Waals surface area (Å²) in [6, 6.07) is 17.9. The number of hydrogen-bond acceptors (Lipinski definition) is 2. The van der Waals surface area contributed by atoms with E-state index in [0.717, 1.165) is 12.8 Å². The molecule has 2 nitrogen and oxygen atoms in total. The molecular formula is C20H22N2. The molecule has 0 atom stereocenters. The first-order valence-corrected chi connectivity index (χ1v) is 8.14. The van der Waals surface area contributed by atoms with Gasteiger partial charge in [-0.15, -0.1) is 0 Å². The molecule has 0 bridgehead atoms. The van der Waals surface area contributed by atoms with Gasteiger partial charge in [0.05, 0.1) is 0 Å². The summed E-state index contributed by atoms with van der Waals surface area (Å²) in [5, 5.41) is 6.59. The standard InChI is InChI=1S/C20H22N2/c1-22(2)21-15-11-13-20(14-12-15)18-9-5-3-7-16(18)17-8-4-6-10-19(17)20/h3-10H,11-14H2,1-2H3. The molecule has 0 aliphatic heterocycles. The van der Waals surface area contributed by atoms with E-state index in [1.165, 1.54) is 40.8 Å². The first kappa shape index (κ1) is 13.6. The highest BCUT2D eigenvalue weighted by Gasteiger charge is 2.44.